The van der Waals surface area contributed by atoms with Gasteiger partial charge in [0, 0.05) is 19.3 Å². The van der Waals surface area contributed by atoms with E-state index in [9.17, 15) is 19.5 Å². The van der Waals surface area contributed by atoms with Crippen LogP contribution in [0.2, 0.25) is 0 Å². The number of carbonyl (C=O) groups excluding carboxylic acids is 3. The average Bonchev–Trinajstić information content (AvgIpc) is 3.21. The molecule has 0 aliphatic heterocycles. The summed E-state index contributed by atoms with van der Waals surface area (Å²) in [6.45, 7) is 4.58. The third-order valence-electron chi connectivity index (χ3n) is 10.9. The summed E-state index contributed by atoms with van der Waals surface area (Å²) in [6, 6.07) is -0.729. The molecule has 0 aliphatic rings. The van der Waals surface area contributed by atoms with Gasteiger partial charge in [0.1, 0.15) is 12.6 Å². The summed E-state index contributed by atoms with van der Waals surface area (Å²) in [7, 11) is 5.41. The Morgan fingerprint density at radius 2 is 0.917 bits per heavy atom. The van der Waals surface area contributed by atoms with Crippen LogP contribution in [0.15, 0.2) is 48.6 Å². The average molecular weight is 844 g/mol. The number of likely N-dealkylation sites (N-methyl/N-ethyl adjacent to an activating group) is 1. The van der Waals surface area contributed by atoms with E-state index in [-0.39, 0.29) is 42.7 Å². The summed E-state index contributed by atoms with van der Waals surface area (Å²) in [4.78, 5) is 36.9. The Hall–Kier alpha value is -2.71. The van der Waals surface area contributed by atoms with Gasteiger partial charge in [0.15, 0.2) is 6.10 Å². The van der Waals surface area contributed by atoms with Crippen molar-refractivity contribution in [2.45, 2.75) is 225 Å². The van der Waals surface area contributed by atoms with Gasteiger partial charge in [-0.05, 0) is 70.6 Å². The van der Waals surface area contributed by atoms with Crippen molar-refractivity contribution < 1.29 is 38.2 Å². The molecule has 0 rings (SSSR count). The number of unbranched alkanes of at least 4 members (excludes halogenated alkanes) is 22. The van der Waals surface area contributed by atoms with Gasteiger partial charge in [-0.2, -0.15) is 0 Å². The Kier molecular flexibility index (Phi) is 41.0. The highest BCUT2D eigenvalue weighted by atomic mass is 16.6. The monoisotopic (exact) mass is 844 g/mol. The van der Waals surface area contributed by atoms with Crippen LogP contribution in [0.25, 0.3) is 0 Å². The lowest BCUT2D eigenvalue weighted by Crippen LogP contribution is -2.55. The van der Waals surface area contributed by atoms with Crippen LogP contribution >= 0.6 is 0 Å². The molecule has 60 heavy (non-hydrogen) atoms. The van der Waals surface area contributed by atoms with Gasteiger partial charge >= 0.3 is 11.9 Å². The number of esters is 2. The second-order valence-corrected chi connectivity index (χ2v) is 17.7. The zero-order chi connectivity index (χ0) is 44.2. The van der Waals surface area contributed by atoms with Crippen LogP contribution in [0.4, 0.5) is 0 Å². The highest BCUT2D eigenvalue weighted by Crippen LogP contribution is 2.15. The quantitative estimate of drug-likeness (QED) is 0.0260. The van der Waals surface area contributed by atoms with Gasteiger partial charge in [-0.15, -0.1) is 0 Å². The van der Waals surface area contributed by atoms with E-state index in [0.29, 0.717) is 12.8 Å². The fourth-order valence-electron chi connectivity index (χ4n) is 7.08. The Balaban J connectivity index is 4.23. The molecule has 0 aliphatic carbocycles. The van der Waals surface area contributed by atoms with Crippen molar-refractivity contribution in [2.75, 3.05) is 41.0 Å². The Labute approximate surface area is 369 Å². The predicted octanol–water partition coefficient (Wildman–Crippen LogP) is 12.6. The minimum atomic E-state index is -1.13. The van der Waals surface area contributed by atoms with Crippen molar-refractivity contribution in [1.29, 1.82) is 0 Å². The number of hydrogen-bond donors (Lipinski definition) is 0. The number of carbonyl (C=O) groups is 3. The maximum atomic E-state index is 12.8. The maximum Gasteiger partial charge on any atom is 0.306 e. The molecule has 0 fully saturated rings. The normalized spacial score (nSPS) is 13.3. The molecule has 0 aromatic rings. The fourth-order valence-corrected chi connectivity index (χ4v) is 7.08. The summed E-state index contributed by atoms with van der Waals surface area (Å²) in [5.74, 6) is -1.75. The number of aliphatic carboxylic acids is 1. The summed E-state index contributed by atoms with van der Waals surface area (Å²) in [5, 5.41) is 11.6. The van der Waals surface area contributed by atoms with E-state index >= 15 is 0 Å². The number of ether oxygens (including phenoxy) is 3. The molecule has 0 saturated heterocycles. The first-order valence-electron chi connectivity index (χ1n) is 24.7. The number of quaternary nitrogens is 1. The molecule has 0 saturated carbocycles. The lowest BCUT2D eigenvalue weighted by atomic mass is 10.0. The van der Waals surface area contributed by atoms with Crippen molar-refractivity contribution in [3.8, 4) is 0 Å². The molecular weight excluding hydrogens is 751 g/mol. The number of allylic oxidation sites excluding steroid dienone is 8. The van der Waals surface area contributed by atoms with Gasteiger partial charge in [0.05, 0.1) is 40.3 Å². The van der Waals surface area contributed by atoms with Crippen molar-refractivity contribution in [3.05, 3.63) is 48.6 Å². The van der Waals surface area contributed by atoms with Crippen molar-refractivity contribution in [2.24, 2.45) is 0 Å². The Bertz CT molecular complexity index is 1120. The van der Waals surface area contributed by atoms with Crippen molar-refractivity contribution in [1.82, 2.24) is 0 Å². The SMILES string of the molecule is CCC/C=C\C/C=C\CCCCCCCC(=O)OCC(COCCC(C(=O)[O-])[N+](C)(C)C)OC(=O)CCCCCCCCCCCCC/C=C\C/C=C\CCCCCCC. The van der Waals surface area contributed by atoms with Crippen molar-refractivity contribution >= 4 is 17.9 Å². The molecule has 0 amide bonds. The van der Waals surface area contributed by atoms with Crippen LogP contribution < -0.4 is 5.11 Å². The number of nitrogens with zero attached hydrogens (tertiary/aromatic N) is 1. The van der Waals surface area contributed by atoms with Gasteiger partial charge in [-0.25, -0.2) is 0 Å². The first kappa shape index (κ1) is 57.3. The smallest absolute Gasteiger partial charge is 0.306 e. The van der Waals surface area contributed by atoms with Crippen LogP contribution in [0, 0.1) is 0 Å². The van der Waals surface area contributed by atoms with Crippen LogP contribution in [0.3, 0.4) is 0 Å². The molecule has 2 unspecified atom stereocenters. The van der Waals surface area contributed by atoms with Crippen LogP contribution in [0.1, 0.15) is 213 Å². The molecule has 8 heteroatoms. The summed E-state index contributed by atoms with van der Waals surface area (Å²) in [6.07, 6.45) is 51.4. The second-order valence-electron chi connectivity index (χ2n) is 17.7. The standard InChI is InChI=1S/C52H93NO7/c1-6-8-10-12-14-16-18-20-21-22-23-24-25-26-27-28-29-31-33-35-37-39-41-43-51(55)60-48(46-58-45-44-49(52(56)57)53(3,4)5)47-59-50(54)42-40-38-36-34-32-30-19-17-15-13-11-9-7-2/h11,13,17-20,22-23,48-49H,6-10,12,14-16,21,24-47H2,1-5H3/b13-11-,19-17-,20-18-,23-22-. The molecule has 8 nitrogen and oxygen atoms in total. The molecular formula is C52H93NO7. The number of hydrogen-bond acceptors (Lipinski definition) is 7. The number of carboxylic acid groups (broad SMARTS) is 1. The molecule has 2 atom stereocenters. The van der Waals surface area contributed by atoms with Gasteiger partial charge in [0.2, 0.25) is 0 Å². The summed E-state index contributed by atoms with van der Waals surface area (Å²) in [5.41, 5.74) is 0. The Morgan fingerprint density at radius 3 is 1.35 bits per heavy atom. The van der Waals surface area contributed by atoms with E-state index in [4.69, 9.17) is 14.2 Å². The fraction of sp³-hybridized carbons (Fsp3) is 0.788. The molecule has 0 spiro atoms. The first-order valence-corrected chi connectivity index (χ1v) is 24.7. The zero-order valence-electron chi connectivity index (χ0n) is 39.6. The van der Waals surface area contributed by atoms with E-state index in [1.54, 1.807) is 21.1 Å². The van der Waals surface area contributed by atoms with E-state index in [1.165, 1.54) is 103 Å². The summed E-state index contributed by atoms with van der Waals surface area (Å²) < 4.78 is 17.2. The van der Waals surface area contributed by atoms with E-state index in [2.05, 4.69) is 62.5 Å². The van der Waals surface area contributed by atoms with Gasteiger partial charge in [-0.1, -0.05) is 172 Å². The molecule has 0 aromatic carbocycles. The lowest BCUT2D eigenvalue weighted by molar-refractivity contribution is -0.889. The largest absolute Gasteiger partial charge is 0.544 e. The minimum absolute atomic E-state index is 0.0354. The van der Waals surface area contributed by atoms with Gasteiger partial charge < -0.3 is 28.6 Å². The van der Waals surface area contributed by atoms with E-state index < -0.39 is 18.1 Å². The number of rotatable bonds is 44. The van der Waals surface area contributed by atoms with Crippen molar-refractivity contribution in [3.63, 3.8) is 0 Å². The summed E-state index contributed by atoms with van der Waals surface area (Å²) >= 11 is 0. The van der Waals surface area contributed by atoms with Crippen LogP contribution in [-0.4, -0.2) is 75.5 Å². The molecule has 0 aromatic heterocycles. The lowest BCUT2D eigenvalue weighted by Gasteiger charge is -2.34. The number of carboxylic acids is 1. The molecule has 0 bridgehead atoms. The molecule has 0 N–H and O–H groups in total. The van der Waals surface area contributed by atoms with Crippen LogP contribution in [0.5, 0.6) is 0 Å². The third kappa shape index (κ3) is 40.7. The Morgan fingerprint density at radius 1 is 0.500 bits per heavy atom. The predicted molar refractivity (Wildman–Crippen MR) is 250 cm³/mol. The molecule has 0 heterocycles. The third-order valence-corrected chi connectivity index (χ3v) is 10.9. The van der Waals surface area contributed by atoms with Gasteiger partial charge in [-0.3, -0.25) is 9.59 Å². The molecule has 348 valence electrons. The topological polar surface area (TPSA) is 102 Å². The minimum Gasteiger partial charge on any atom is -0.544 e. The maximum absolute atomic E-state index is 12.8. The highest BCUT2D eigenvalue weighted by Gasteiger charge is 2.25. The zero-order valence-corrected chi connectivity index (χ0v) is 39.6. The van der Waals surface area contributed by atoms with Crippen LogP contribution in [-0.2, 0) is 28.6 Å². The van der Waals surface area contributed by atoms with E-state index in [0.717, 1.165) is 77.0 Å². The van der Waals surface area contributed by atoms with E-state index in [1.807, 2.05) is 0 Å². The van der Waals surface area contributed by atoms with Gasteiger partial charge in [0.25, 0.3) is 0 Å². The molecule has 0 radical (unpaired) electrons. The second kappa shape index (κ2) is 43.0. The highest BCUT2D eigenvalue weighted by molar-refractivity contribution is 5.70. The first-order chi connectivity index (χ1) is 29.1.